The molecule has 2 aromatic rings. The van der Waals surface area contributed by atoms with E-state index in [1.54, 1.807) is 11.3 Å². The molecule has 1 aromatic heterocycles. The summed E-state index contributed by atoms with van der Waals surface area (Å²) in [5, 5.41) is 14.0. The lowest BCUT2D eigenvalue weighted by Gasteiger charge is -2.10. The van der Waals surface area contributed by atoms with Crippen molar-refractivity contribution in [3.8, 4) is 6.07 Å². The molecule has 3 heteroatoms. The summed E-state index contributed by atoms with van der Waals surface area (Å²) in [6.07, 6.45) is 6.68. The summed E-state index contributed by atoms with van der Waals surface area (Å²) in [5.74, 6) is 0. The minimum Gasteiger partial charge on any atom is -0.346 e. The number of nitriles is 1. The van der Waals surface area contributed by atoms with E-state index in [9.17, 15) is 5.26 Å². The van der Waals surface area contributed by atoms with Crippen molar-refractivity contribution >= 4 is 22.0 Å². The van der Waals surface area contributed by atoms with Crippen molar-refractivity contribution in [3.63, 3.8) is 0 Å². The predicted octanol–water partition coefficient (Wildman–Crippen LogP) is 4.97. The zero-order valence-electron chi connectivity index (χ0n) is 12.1. The third kappa shape index (κ3) is 2.72. The van der Waals surface area contributed by atoms with Gasteiger partial charge in [0, 0.05) is 10.6 Å². The number of nitrogens with zero attached hydrogens (tertiary/aromatic N) is 1. The molecule has 1 heterocycles. The maximum Gasteiger partial charge on any atom is 0.111 e. The molecule has 1 aromatic carbocycles. The quantitative estimate of drug-likeness (QED) is 0.867. The van der Waals surface area contributed by atoms with E-state index in [2.05, 4.69) is 29.6 Å². The standard InChI is InChI=1S/C18H18N2S/c1-2-16(13-8-4-3-5-9-13)20-18-15(12-19)14-10-6-7-11-17(14)21-18/h2-5,8-9,20H,6-7,10-11H2,1H3/b16-2+. The maximum absolute atomic E-state index is 9.52. The normalized spacial score (nSPS) is 14.4. The number of hydrogen-bond donors (Lipinski definition) is 1. The molecule has 0 saturated carbocycles. The first kappa shape index (κ1) is 13.9. The fourth-order valence-corrected chi connectivity index (χ4v) is 4.08. The lowest BCUT2D eigenvalue weighted by atomic mass is 9.96. The smallest absolute Gasteiger partial charge is 0.111 e. The van der Waals surface area contributed by atoms with Crippen molar-refractivity contribution in [1.29, 1.82) is 5.26 Å². The molecule has 1 aliphatic rings. The Kier molecular flexibility index (Phi) is 4.08. The van der Waals surface area contributed by atoms with Crippen LogP contribution in [0.4, 0.5) is 5.00 Å². The number of nitrogens with one attached hydrogen (secondary N) is 1. The van der Waals surface area contributed by atoms with Crippen LogP contribution >= 0.6 is 11.3 Å². The molecular formula is C18H18N2S. The Labute approximate surface area is 129 Å². The fraction of sp³-hybridized carbons (Fsp3) is 0.278. The maximum atomic E-state index is 9.52. The zero-order chi connectivity index (χ0) is 14.7. The Balaban J connectivity index is 1.95. The topological polar surface area (TPSA) is 35.8 Å². The van der Waals surface area contributed by atoms with Crippen LogP contribution in [-0.2, 0) is 12.8 Å². The molecule has 0 radical (unpaired) electrons. The molecular weight excluding hydrogens is 276 g/mol. The van der Waals surface area contributed by atoms with Gasteiger partial charge < -0.3 is 5.32 Å². The van der Waals surface area contributed by atoms with E-state index in [1.807, 2.05) is 25.1 Å². The molecule has 0 atom stereocenters. The first-order valence-corrected chi connectivity index (χ1v) is 8.18. The van der Waals surface area contributed by atoms with Crippen molar-refractivity contribution in [2.24, 2.45) is 0 Å². The van der Waals surface area contributed by atoms with Gasteiger partial charge >= 0.3 is 0 Å². The molecule has 21 heavy (non-hydrogen) atoms. The third-order valence-corrected chi connectivity index (χ3v) is 5.11. The molecule has 0 saturated heterocycles. The highest BCUT2D eigenvalue weighted by Crippen LogP contribution is 2.38. The largest absolute Gasteiger partial charge is 0.346 e. The monoisotopic (exact) mass is 294 g/mol. The lowest BCUT2D eigenvalue weighted by Crippen LogP contribution is -2.01. The third-order valence-electron chi connectivity index (χ3n) is 3.90. The fourth-order valence-electron chi connectivity index (χ4n) is 2.82. The van der Waals surface area contributed by atoms with Crippen molar-refractivity contribution in [2.45, 2.75) is 32.6 Å². The van der Waals surface area contributed by atoms with Crippen molar-refractivity contribution in [2.75, 3.05) is 5.32 Å². The zero-order valence-corrected chi connectivity index (χ0v) is 13.0. The van der Waals surface area contributed by atoms with Gasteiger partial charge in [-0.2, -0.15) is 5.26 Å². The highest BCUT2D eigenvalue weighted by molar-refractivity contribution is 7.16. The molecule has 1 aliphatic carbocycles. The van der Waals surface area contributed by atoms with Crippen LogP contribution in [0.1, 0.15) is 41.3 Å². The molecule has 0 fully saturated rings. The molecule has 3 rings (SSSR count). The molecule has 0 spiro atoms. The Bertz CT molecular complexity index is 705. The van der Waals surface area contributed by atoms with Crippen LogP contribution in [0.5, 0.6) is 0 Å². The lowest BCUT2D eigenvalue weighted by molar-refractivity contribution is 0.696. The second kappa shape index (κ2) is 6.15. The minimum atomic E-state index is 0.852. The van der Waals surface area contributed by atoms with E-state index >= 15 is 0 Å². The first-order valence-electron chi connectivity index (χ1n) is 7.37. The van der Waals surface area contributed by atoms with Crippen molar-refractivity contribution in [1.82, 2.24) is 0 Å². The van der Waals surface area contributed by atoms with Gasteiger partial charge in [0.15, 0.2) is 0 Å². The molecule has 2 nitrogen and oxygen atoms in total. The highest BCUT2D eigenvalue weighted by Gasteiger charge is 2.21. The number of aryl methyl sites for hydroxylation is 1. The summed E-state index contributed by atoms with van der Waals surface area (Å²) in [7, 11) is 0. The number of hydrogen-bond acceptors (Lipinski definition) is 3. The van der Waals surface area contributed by atoms with Crippen molar-refractivity contribution < 1.29 is 0 Å². The number of rotatable bonds is 3. The Morgan fingerprint density at radius 2 is 2.00 bits per heavy atom. The summed E-state index contributed by atoms with van der Waals surface area (Å²) < 4.78 is 0. The van der Waals surface area contributed by atoms with Crippen molar-refractivity contribution in [3.05, 3.63) is 58.0 Å². The van der Waals surface area contributed by atoms with E-state index in [0.29, 0.717) is 0 Å². The van der Waals surface area contributed by atoms with E-state index in [-0.39, 0.29) is 0 Å². The number of anilines is 1. The molecule has 1 N–H and O–H groups in total. The van der Waals surface area contributed by atoms with Gasteiger partial charge in [-0.15, -0.1) is 11.3 Å². The number of benzene rings is 1. The highest BCUT2D eigenvalue weighted by atomic mass is 32.1. The van der Waals surface area contributed by atoms with E-state index in [4.69, 9.17) is 0 Å². The predicted molar refractivity (Wildman–Crippen MR) is 89.4 cm³/mol. The van der Waals surface area contributed by atoms with Crippen LogP contribution in [0.25, 0.3) is 5.70 Å². The summed E-state index contributed by atoms with van der Waals surface area (Å²) in [5.41, 5.74) is 4.34. The summed E-state index contributed by atoms with van der Waals surface area (Å²) in [6, 6.07) is 12.7. The second-order valence-electron chi connectivity index (χ2n) is 5.22. The Morgan fingerprint density at radius 3 is 2.71 bits per heavy atom. The number of thiophene rings is 1. The average molecular weight is 294 g/mol. The van der Waals surface area contributed by atoms with Gasteiger partial charge in [0.25, 0.3) is 0 Å². The van der Waals surface area contributed by atoms with Gasteiger partial charge in [0.05, 0.1) is 5.56 Å². The van der Waals surface area contributed by atoms with Crippen LogP contribution in [0.15, 0.2) is 36.4 Å². The average Bonchev–Trinajstić information content (AvgIpc) is 2.90. The molecule has 0 aliphatic heterocycles. The number of allylic oxidation sites excluding steroid dienone is 1. The van der Waals surface area contributed by atoms with Gasteiger partial charge in [-0.25, -0.2) is 0 Å². The van der Waals surface area contributed by atoms with Crippen LogP contribution in [0.3, 0.4) is 0 Å². The minimum absolute atomic E-state index is 0.852. The van der Waals surface area contributed by atoms with Gasteiger partial charge in [0.1, 0.15) is 11.1 Å². The van der Waals surface area contributed by atoms with Crippen LogP contribution < -0.4 is 5.32 Å². The van der Waals surface area contributed by atoms with Gasteiger partial charge in [0.2, 0.25) is 0 Å². The van der Waals surface area contributed by atoms with E-state index in [0.717, 1.165) is 34.7 Å². The molecule has 106 valence electrons. The summed E-state index contributed by atoms with van der Waals surface area (Å²) in [6.45, 7) is 2.02. The molecule has 0 amide bonds. The Hall–Kier alpha value is -2.05. The molecule has 0 bridgehead atoms. The second-order valence-corrected chi connectivity index (χ2v) is 6.33. The SMILES string of the molecule is C/C=C(/Nc1sc2c(c1C#N)CCCC2)c1ccccc1. The Morgan fingerprint density at radius 1 is 1.24 bits per heavy atom. The summed E-state index contributed by atoms with van der Waals surface area (Å²) >= 11 is 1.75. The first-order chi connectivity index (χ1) is 10.3. The van der Waals surface area contributed by atoms with Gasteiger partial charge in [-0.3, -0.25) is 0 Å². The molecule has 0 unspecified atom stereocenters. The van der Waals surface area contributed by atoms with E-state index < -0.39 is 0 Å². The van der Waals surface area contributed by atoms with Crippen LogP contribution in [0.2, 0.25) is 0 Å². The van der Waals surface area contributed by atoms with Crippen LogP contribution in [0, 0.1) is 11.3 Å². The van der Waals surface area contributed by atoms with Crippen LogP contribution in [-0.4, -0.2) is 0 Å². The number of fused-ring (bicyclic) bond motifs is 1. The van der Waals surface area contributed by atoms with Gasteiger partial charge in [-0.1, -0.05) is 36.4 Å². The van der Waals surface area contributed by atoms with Gasteiger partial charge in [-0.05, 0) is 43.7 Å². The van der Waals surface area contributed by atoms with E-state index in [1.165, 1.54) is 23.3 Å². The summed E-state index contributed by atoms with van der Waals surface area (Å²) in [4.78, 5) is 1.39.